The van der Waals surface area contributed by atoms with Crippen LogP contribution in [0.2, 0.25) is 0 Å². The number of carbonyl (C=O) groups excluding carboxylic acids is 1. The molecule has 1 N–H and O–H groups in total. The summed E-state index contributed by atoms with van der Waals surface area (Å²) in [6.07, 6.45) is 1.66. The number of carbonyl (C=O) groups is 1. The summed E-state index contributed by atoms with van der Waals surface area (Å²) in [6.45, 7) is 10.0. The molecule has 4 nitrogen and oxygen atoms in total. The first-order valence-electron chi connectivity index (χ1n) is 9.57. The Balaban J connectivity index is 1.94. The summed E-state index contributed by atoms with van der Waals surface area (Å²) < 4.78 is 2.13. The van der Waals surface area contributed by atoms with E-state index in [1.165, 1.54) is 5.56 Å². The second kappa shape index (κ2) is 8.20. The molecular formula is C25H25N3O. The molecule has 0 spiro atoms. The molecule has 146 valence electrons. The third kappa shape index (κ3) is 4.14. The minimum Gasteiger partial charge on any atom is -0.321 e. The number of hydrogen-bond acceptors (Lipinski definition) is 2. The van der Waals surface area contributed by atoms with Gasteiger partial charge in [0.2, 0.25) is 0 Å². The summed E-state index contributed by atoms with van der Waals surface area (Å²) in [5.41, 5.74) is 8.04. The summed E-state index contributed by atoms with van der Waals surface area (Å²) in [4.78, 5) is 12.7. The number of nitriles is 1. The molecule has 0 aliphatic heterocycles. The van der Waals surface area contributed by atoms with Crippen molar-refractivity contribution in [1.29, 1.82) is 5.26 Å². The van der Waals surface area contributed by atoms with E-state index in [0.717, 1.165) is 39.5 Å². The number of anilines is 1. The normalized spacial score (nSPS) is 11.2. The molecule has 0 aliphatic rings. The average Bonchev–Trinajstić information content (AvgIpc) is 2.97. The SMILES string of the molecule is Cc1ccc(-n2c(C)cc(/C=C(/C#N)C(=O)Nc3cccc(C)c3C)c2C)cc1. The number of nitrogens with one attached hydrogen (secondary N) is 1. The molecule has 0 radical (unpaired) electrons. The van der Waals surface area contributed by atoms with E-state index in [2.05, 4.69) is 41.1 Å². The minimum absolute atomic E-state index is 0.0788. The fraction of sp³-hybridized carbons (Fsp3) is 0.200. The van der Waals surface area contributed by atoms with E-state index in [0.29, 0.717) is 0 Å². The number of aryl methyl sites for hydroxylation is 3. The van der Waals surface area contributed by atoms with E-state index < -0.39 is 5.91 Å². The lowest BCUT2D eigenvalue weighted by molar-refractivity contribution is -0.112. The van der Waals surface area contributed by atoms with Gasteiger partial charge in [0.1, 0.15) is 11.6 Å². The molecule has 1 heterocycles. The molecule has 1 aromatic heterocycles. The minimum atomic E-state index is -0.402. The van der Waals surface area contributed by atoms with Crippen molar-refractivity contribution in [3.05, 3.63) is 87.7 Å². The van der Waals surface area contributed by atoms with E-state index in [-0.39, 0.29) is 5.57 Å². The van der Waals surface area contributed by atoms with Crippen LogP contribution in [0.25, 0.3) is 11.8 Å². The van der Waals surface area contributed by atoms with Crippen LogP contribution >= 0.6 is 0 Å². The van der Waals surface area contributed by atoms with Gasteiger partial charge in [0.25, 0.3) is 5.91 Å². The number of aromatic nitrogens is 1. The highest BCUT2D eigenvalue weighted by molar-refractivity contribution is 6.10. The molecule has 0 saturated carbocycles. The quantitative estimate of drug-likeness (QED) is 0.473. The summed E-state index contributed by atoms with van der Waals surface area (Å²) in [7, 11) is 0. The van der Waals surface area contributed by atoms with Crippen LogP contribution in [0.3, 0.4) is 0 Å². The van der Waals surface area contributed by atoms with Crippen LogP contribution in [0, 0.1) is 45.9 Å². The van der Waals surface area contributed by atoms with E-state index in [1.807, 2.05) is 58.0 Å². The Kier molecular flexibility index (Phi) is 5.70. The molecule has 0 saturated heterocycles. The van der Waals surface area contributed by atoms with Gasteiger partial charge in [-0.25, -0.2) is 0 Å². The van der Waals surface area contributed by atoms with E-state index in [4.69, 9.17) is 0 Å². The Hall–Kier alpha value is -3.58. The fourth-order valence-electron chi connectivity index (χ4n) is 3.41. The summed E-state index contributed by atoms with van der Waals surface area (Å²) >= 11 is 0. The van der Waals surface area contributed by atoms with Crippen LogP contribution in [0.15, 0.2) is 54.1 Å². The van der Waals surface area contributed by atoms with E-state index >= 15 is 0 Å². The van der Waals surface area contributed by atoms with E-state index in [1.54, 1.807) is 6.08 Å². The predicted octanol–water partition coefficient (Wildman–Crippen LogP) is 5.57. The number of benzene rings is 2. The second-order valence-corrected chi connectivity index (χ2v) is 7.37. The third-order valence-corrected chi connectivity index (χ3v) is 5.28. The van der Waals surface area contributed by atoms with Gasteiger partial charge in [0, 0.05) is 22.8 Å². The summed E-state index contributed by atoms with van der Waals surface area (Å²) in [6, 6.07) is 18.1. The molecule has 0 atom stereocenters. The van der Waals surface area contributed by atoms with Crippen molar-refractivity contribution in [3.63, 3.8) is 0 Å². The zero-order chi connectivity index (χ0) is 21.1. The van der Waals surface area contributed by atoms with Gasteiger partial charge in [-0.2, -0.15) is 5.26 Å². The molecule has 29 heavy (non-hydrogen) atoms. The summed E-state index contributed by atoms with van der Waals surface area (Å²) in [5.74, 6) is -0.402. The maximum Gasteiger partial charge on any atom is 0.266 e. The number of hydrogen-bond donors (Lipinski definition) is 1. The largest absolute Gasteiger partial charge is 0.321 e. The van der Waals surface area contributed by atoms with Crippen LogP contribution in [0.5, 0.6) is 0 Å². The first-order chi connectivity index (χ1) is 13.8. The maximum atomic E-state index is 12.7. The van der Waals surface area contributed by atoms with Crippen molar-refractivity contribution in [3.8, 4) is 11.8 Å². The highest BCUT2D eigenvalue weighted by atomic mass is 16.1. The molecule has 0 aliphatic carbocycles. The van der Waals surface area contributed by atoms with Crippen LogP contribution in [0.4, 0.5) is 5.69 Å². The standard InChI is InChI=1S/C25H25N3O/c1-16-9-11-23(12-10-16)28-18(3)13-21(20(28)5)14-22(15-26)25(29)27-24-8-6-7-17(2)19(24)4/h6-14H,1-5H3,(H,27,29)/b22-14-. The van der Waals surface area contributed by atoms with Gasteiger partial charge in [-0.3, -0.25) is 4.79 Å². The van der Waals surface area contributed by atoms with Crippen molar-refractivity contribution in [1.82, 2.24) is 4.57 Å². The molecule has 0 unspecified atom stereocenters. The molecular weight excluding hydrogens is 358 g/mol. The zero-order valence-electron chi connectivity index (χ0n) is 17.5. The van der Waals surface area contributed by atoms with Crippen molar-refractivity contribution in [2.45, 2.75) is 34.6 Å². The third-order valence-electron chi connectivity index (χ3n) is 5.28. The molecule has 4 heteroatoms. The monoisotopic (exact) mass is 383 g/mol. The maximum absolute atomic E-state index is 12.7. The molecule has 1 amide bonds. The average molecular weight is 383 g/mol. The van der Waals surface area contributed by atoms with Crippen molar-refractivity contribution in [2.75, 3.05) is 5.32 Å². The second-order valence-electron chi connectivity index (χ2n) is 7.37. The number of amides is 1. The highest BCUT2D eigenvalue weighted by Crippen LogP contribution is 2.24. The zero-order valence-corrected chi connectivity index (χ0v) is 17.5. The number of nitrogens with zero attached hydrogens (tertiary/aromatic N) is 2. The highest BCUT2D eigenvalue weighted by Gasteiger charge is 2.15. The first-order valence-corrected chi connectivity index (χ1v) is 9.57. The van der Waals surface area contributed by atoms with Crippen LogP contribution < -0.4 is 5.32 Å². The first kappa shape index (κ1) is 20.2. The molecule has 3 aromatic rings. The molecule has 2 aromatic carbocycles. The lowest BCUT2D eigenvalue weighted by atomic mass is 10.1. The van der Waals surface area contributed by atoms with Crippen molar-refractivity contribution < 1.29 is 4.79 Å². The van der Waals surface area contributed by atoms with Gasteiger partial charge >= 0.3 is 0 Å². The van der Waals surface area contributed by atoms with Gasteiger partial charge in [-0.15, -0.1) is 0 Å². The fourth-order valence-corrected chi connectivity index (χ4v) is 3.41. The van der Waals surface area contributed by atoms with Gasteiger partial charge in [0.15, 0.2) is 0 Å². The van der Waals surface area contributed by atoms with Gasteiger partial charge in [-0.1, -0.05) is 29.8 Å². The Morgan fingerprint density at radius 2 is 1.72 bits per heavy atom. The smallest absolute Gasteiger partial charge is 0.266 e. The predicted molar refractivity (Wildman–Crippen MR) is 118 cm³/mol. The lowest BCUT2D eigenvalue weighted by Crippen LogP contribution is -2.14. The van der Waals surface area contributed by atoms with Gasteiger partial charge in [-0.05, 0) is 81.7 Å². The lowest BCUT2D eigenvalue weighted by Gasteiger charge is -2.10. The molecule has 3 rings (SSSR count). The Bertz CT molecular complexity index is 1140. The Morgan fingerprint density at radius 3 is 2.38 bits per heavy atom. The van der Waals surface area contributed by atoms with Gasteiger partial charge in [0.05, 0.1) is 0 Å². The number of rotatable bonds is 4. The van der Waals surface area contributed by atoms with Crippen molar-refractivity contribution >= 4 is 17.7 Å². The topological polar surface area (TPSA) is 57.8 Å². The van der Waals surface area contributed by atoms with Crippen molar-refractivity contribution in [2.24, 2.45) is 0 Å². The van der Waals surface area contributed by atoms with E-state index in [9.17, 15) is 10.1 Å². The van der Waals surface area contributed by atoms with Crippen LogP contribution in [-0.4, -0.2) is 10.5 Å². The Labute approximate surface area is 172 Å². The molecule has 0 fully saturated rings. The van der Waals surface area contributed by atoms with Gasteiger partial charge < -0.3 is 9.88 Å². The summed E-state index contributed by atoms with van der Waals surface area (Å²) in [5, 5.41) is 12.5. The van der Waals surface area contributed by atoms with Crippen LogP contribution in [0.1, 0.15) is 33.6 Å². The molecule has 0 bridgehead atoms. The van der Waals surface area contributed by atoms with Crippen LogP contribution in [-0.2, 0) is 4.79 Å². The Morgan fingerprint density at radius 1 is 1.03 bits per heavy atom.